The van der Waals surface area contributed by atoms with Crippen LogP contribution in [0.2, 0.25) is 0 Å². The Morgan fingerprint density at radius 2 is 2.00 bits per heavy atom. The Bertz CT molecular complexity index is 449. The Morgan fingerprint density at radius 1 is 1.37 bits per heavy atom. The molecule has 0 spiro atoms. The lowest BCUT2D eigenvalue weighted by atomic mass is 9.72. The maximum Gasteiger partial charge on any atom is 0.302 e. The summed E-state index contributed by atoms with van der Waals surface area (Å²) in [4.78, 5) is 15.2. The SMILES string of the molecule is CC(=O)OC1[C@H](C)CC(c2ccncc2N)C[C@@H]1C. The summed E-state index contributed by atoms with van der Waals surface area (Å²) in [6.45, 7) is 5.77. The highest BCUT2D eigenvalue weighted by Crippen LogP contribution is 2.42. The Kier molecular flexibility index (Phi) is 4.08. The fourth-order valence-corrected chi connectivity index (χ4v) is 3.29. The van der Waals surface area contributed by atoms with Crippen LogP contribution in [0.1, 0.15) is 45.1 Å². The molecule has 1 saturated carbocycles. The molecule has 4 atom stereocenters. The van der Waals surface area contributed by atoms with E-state index in [2.05, 4.69) is 18.8 Å². The molecule has 1 heterocycles. The molecule has 0 saturated heterocycles. The van der Waals surface area contributed by atoms with E-state index in [0.29, 0.717) is 17.8 Å². The van der Waals surface area contributed by atoms with Crippen LogP contribution in [0.4, 0.5) is 5.69 Å². The average Bonchev–Trinajstić information content (AvgIpc) is 2.34. The van der Waals surface area contributed by atoms with Gasteiger partial charge in [-0.15, -0.1) is 0 Å². The van der Waals surface area contributed by atoms with Gasteiger partial charge in [0.15, 0.2) is 0 Å². The van der Waals surface area contributed by atoms with Crippen molar-refractivity contribution in [3.05, 3.63) is 24.0 Å². The number of carbonyl (C=O) groups is 1. The smallest absolute Gasteiger partial charge is 0.302 e. The van der Waals surface area contributed by atoms with Crippen LogP contribution in [0.3, 0.4) is 0 Å². The van der Waals surface area contributed by atoms with Crippen LogP contribution in [0.5, 0.6) is 0 Å². The van der Waals surface area contributed by atoms with Crippen molar-refractivity contribution in [1.29, 1.82) is 0 Å². The Morgan fingerprint density at radius 3 is 2.53 bits per heavy atom. The zero-order valence-corrected chi connectivity index (χ0v) is 11.8. The van der Waals surface area contributed by atoms with Gasteiger partial charge in [-0.1, -0.05) is 13.8 Å². The highest BCUT2D eigenvalue weighted by molar-refractivity contribution is 5.66. The summed E-state index contributed by atoms with van der Waals surface area (Å²) in [7, 11) is 0. The Hall–Kier alpha value is -1.58. The summed E-state index contributed by atoms with van der Waals surface area (Å²) in [5, 5.41) is 0. The van der Waals surface area contributed by atoms with Gasteiger partial charge >= 0.3 is 5.97 Å². The molecule has 1 fully saturated rings. The second kappa shape index (κ2) is 5.59. The van der Waals surface area contributed by atoms with E-state index >= 15 is 0 Å². The molecule has 0 amide bonds. The number of pyridine rings is 1. The van der Waals surface area contributed by atoms with Crippen LogP contribution >= 0.6 is 0 Å². The number of esters is 1. The molecule has 1 aliphatic rings. The number of nitrogen functional groups attached to an aromatic ring is 1. The minimum absolute atomic E-state index is 0.0248. The third-order valence-electron chi connectivity index (χ3n) is 4.06. The second-order valence-electron chi connectivity index (χ2n) is 5.70. The largest absolute Gasteiger partial charge is 0.462 e. The van der Waals surface area contributed by atoms with E-state index in [-0.39, 0.29) is 12.1 Å². The number of aromatic nitrogens is 1. The zero-order chi connectivity index (χ0) is 14.0. The molecule has 1 aromatic rings. The first-order valence-corrected chi connectivity index (χ1v) is 6.85. The van der Waals surface area contributed by atoms with Gasteiger partial charge in [0.2, 0.25) is 0 Å². The number of nitrogens with two attached hydrogens (primary N) is 1. The molecule has 4 nitrogen and oxygen atoms in total. The van der Waals surface area contributed by atoms with E-state index in [9.17, 15) is 4.79 Å². The number of rotatable bonds is 2. The second-order valence-corrected chi connectivity index (χ2v) is 5.70. The molecule has 0 radical (unpaired) electrons. The molecule has 4 heteroatoms. The van der Waals surface area contributed by atoms with Gasteiger partial charge in [-0.2, -0.15) is 0 Å². The van der Waals surface area contributed by atoms with Crippen LogP contribution in [0.15, 0.2) is 18.5 Å². The highest BCUT2D eigenvalue weighted by atomic mass is 16.5. The number of hydrogen-bond acceptors (Lipinski definition) is 4. The zero-order valence-electron chi connectivity index (χ0n) is 11.8. The van der Waals surface area contributed by atoms with Crippen molar-refractivity contribution in [3.8, 4) is 0 Å². The summed E-state index contributed by atoms with van der Waals surface area (Å²) in [6.07, 6.45) is 5.52. The molecular formula is C15H22N2O2. The molecule has 0 aliphatic heterocycles. The topological polar surface area (TPSA) is 65.2 Å². The van der Waals surface area contributed by atoms with Gasteiger partial charge in [0.1, 0.15) is 6.10 Å². The predicted octanol–water partition coefficient (Wildman–Crippen LogP) is 2.75. The lowest BCUT2D eigenvalue weighted by Crippen LogP contribution is -2.37. The van der Waals surface area contributed by atoms with Crippen LogP contribution in [-0.2, 0) is 9.53 Å². The van der Waals surface area contributed by atoms with Gasteiger partial charge in [0, 0.05) is 13.1 Å². The molecule has 2 unspecified atom stereocenters. The maximum absolute atomic E-state index is 11.2. The van der Waals surface area contributed by atoms with Crippen LogP contribution in [-0.4, -0.2) is 17.1 Å². The lowest BCUT2D eigenvalue weighted by Gasteiger charge is -2.38. The van der Waals surface area contributed by atoms with Crippen molar-refractivity contribution in [2.45, 2.75) is 45.6 Å². The first kappa shape index (κ1) is 13.8. The Balaban J connectivity index is 2.13. The van der Waals surface area contributed by atoms with Crippen molar-refractivity contribution in [1.82, 2.24) is 4.98 Å². The Labute approximate surface area is 114 Å². The average molecular weight is 262 g/mol. The maximum atomic E-state index is 11.2. The predicted molar refractivity (Wildman–Crippen MR) is 74.5 cm³/mol. The van der Waals surface area contributed by atoms with Crippen molar-refractivity contribution < 1.29 is 9.53 Å². The quantitative estimate of drug-likeness (QED) is 0.832. The van der Waals surface area contributed by atoms with E-state index in [1.807, 2.05) is 6.07 Å². The molecule has 19 heavy (non-hydrogen) atoms. The molecule has 0 bridgehead atoms. The molecule has 1 aromatic heterocycles. The molecule has 0 aromatic carbocycles. The normalized spacial score (nSPS) is 30.9. The lowest BCUT2D eigenvalue weighted by molar-refractivity contribution is -0.154. The summed E-state index contributed by atoms with van der Waals surface area (Å²) < 4.78 is 5.45. The first-order valence-electron chi connectivity index (χ1n) is 6.85. The molecule has 1 aliphatic carbocycles. The van der Waals surface area contributed by atoms with Crippen LogP contribution < -0.4 is 5.73 Å². The standard InChI is InChI=1S/C15H22N2O2/c1-9-6-12(13-4-5-17-8-14(13)16)7-10(2)15(9)19-11(3)18/h4-5,8-10,12,15H,6-7,16H2,1-3H3/t9-,10+,12?,15?. The number of nitrogens with zero attached hydrogens (tertiary/aromatic N) is 1. The monoisotopic (exact) mass is 262 g/mol. The molecule has 2 N–H and O–H groups in total. The summed E-state index contributed by atoms with van der Waals surface area (Å²) in [5.74, 6) is 0.945. The third kappa shape index (κ3) is 3.06. The first-order chi connectivity index (χ1) is 8.99. The van der Waals surface area contributed by atoms with Crippen molar-refractivity contribution in [2.24, 2.45) is 11.8 Å². The van der Waals surface area contributed by atoms with Crippen molar-refractivity contribution in [2.75, 3.05) is 5.73 Å². The van der Waals surface area contributed by atoms with E-state index in [4.69, 9.17) is 10.5 Å². The van der Waals surface area contributed by atoms with E-state index in [1.54, 1.807) is 12.4 Å². The van der Waals surface area contributed by atoms with Gasteiger partial charge in [-0.05, 0) is 42.2 Å². The molecular weight excluding hydrogens is 240 g/mol. The molecule has 2 rings (SSSR count). The van der Waals surface area contributed by atoms with E-state index in [1.165, 1.54) is 12.5 Å². The number of anilines is 1. The van der Waals surface area contributed by atoms with E-state index in [0.717, 1.165) is 18.5 Å². The van der Waals surface area contributed by atoms with Crippen LogP contribution in [0, 0.1) is 11.8 Å². The summed E-state index contributed by atoms with van der Waals surface area (Å²) in [5.41, 5.74) is 7.95. The summed E-state index contributed by atoms with van der Waals surface area (Å²) >= 11 is 0. The minimum Gasteiger partial charge on any atom is -0.462 e. The fraction of sp³-hybridized carbons (Fsp3) is 0.600. The number of carbonyl (C=O) groups excluding carboxylic acids is 1. The summed E-state index contributed by atoms with van der Waals surface area (Å²) in [6, 6.07) is 2.01. The van der Waals surface area contributed by atoms with Crippen LogP contribution in [0.25, 0.3) is 0 Å². The van der Waals surface area contributed by atoms with Gasteiger partial charge in [-0.3, -0.25) is 9.78 Å². The fourth-order valence-electron chi connectivity index (χ4n) is 3.29. The van der Waals surface area contributed by atoms with Crippen molar-refractivity contribution >= 4 is 11.7 Å². The molecule has 104 valence electrons. The number of ether oxygens (including phenoxy) is 1. The van der Waals surface area contributed by atoms with Gasteiger partial charge in [0.25, 0.3) is 0 Å². The number of hydrogen-bond donors (Lipinski definition) is 1. The minimum atomic E-state index is -0.189. The van der Waals surface area contributed by atoms with Gasteiger partial charge in [-0.25, -0.2) is 0 Å². The highest BCUT2D eigenvalue weighted by Gasteiger charge is 2.36. The van der Waals surface area contributed by atoms with Gasteiger partial charge < -0.3 is 10.5 Å². The van der Waals surface area contributed by atoms with Crippen molar-refractivity contribution in [3.63, 3.8) is 0 Å². The van der Waals surface area contributed by atoms with E-state index < -0.39 is 0 Å². The van der Waals surface area contributed by atoms with Gasteiger partial charge in [0.05, 0.1) is 11.9 Å². The third-order valence-corrected chi connectivity index (χ3v) is 4.06.